The van der Waals surface area contributed by atoms with Crippen LogP contribution >= 0.6 is 22.6 Å². The summed E-state index contributed by atoms with van der Waals surface area (Å²) < 4.78 is 6.97. The lowest BCUT2D eigenvalue weighted by Gasteiger charge is -2.13. The zero-order chi connectivity index (χ0) is 10.0. The molecule has 1 aromatic rings. The quantitative estimate of drug-likeness (QED) is 0.755. The van der Waals surface area contributed by atoms with Crippen LogP contribution in [-0.4, -0.2) is 6.10 Å². The molecule has 0 fully saturated rings. The smallest absolute Gasteiger partial charge is 0.122 e. The van der Waals surface area contributed by atoms with E-state index in [0.29, 0.717) is 0 Å². The monoisotopic (exact) mass is 290 g/mol. The van der Waals surface area contributed by atoms with Crippen LogP contribution in [0.4, 0.5) is 0 Å². The number of aryl methyl sites for hydroxylation is 2. The number of benzene rings is 1. The highest BCUT2D eigenvalue weighted by atomic mass is 127. The molecule has 1 nitrogen and oxygen atoms in total. The van der Waals surface area contributed by atoms with Crippen molar-refractivity contribution < 1.29 is 4.74 Å². The van der Waals surface area contributed by atoms with Crippen LogP contribution < -0.4 is 4.74 Å². The predicted molar refractivity (Wildman–Crippen MR) is 64.4 cm³/mol. The van der Waals surface area contributed by atoms with Crippen LogP contribution in [0.2, 0.25) is 0 Å². The Labute approximate surface area is 93.6 Å². The summed E-state index contributed by atoms with van der Waals surface area (Å²) in [6.07, 6.45) is 0.248. The zero-order valence-corrected chi connectivity index (χ0v) is 10.7. The van der Waals surface area contributed by atoms with E-state index in [2.05, 4.69) is 48.6 Å². The molecule has 0 heterocycles. The number of ether oxygens (including phenoxy) is 1. The van der Waals surface area contributed by atoms with Gasteiger partial charge in [-0.05, 0) is 73.5 Å². The minimum atomic E-state index is 0.248. The number of halogens is 1. The second-order valence-electron chi connectivity index (χ2n) is 3.53. The van der Waals surface area contributed by atoms with Crippen LogP contribution in [0.3, 0.4) is 0 Å². The molecule has 0 radical (unpaired) electrons. The first-order valence-electron chi connectivity index (χ1n) is 4.44. The summed E-state index contributed by atoms with van der Waals surface area (Å²) in [5.41, 5.74) is 2.49. The molecule has 0 bridgehead atoms. The Hall–Kier alpha value is -0.250. The first-order chi connectivity index (χ1) is 6.00. The van der Waals surface area contributed by atoms with Gasteiger partial charge in [-0.1, -0.05) is 0 Å². The van der Waals surface area contributed by atoms with E-state index in [4.69, 9.17) is 4.74 Å². The lowest BCUT2D eigenvalue weighted by Crippen LogP contribution is -2.07. The number of hydrogen-bond donors (Lipinski definition) is 0. The summed E-state index contributed by atoms with van der Waals surface area (Å²) in [6.45, 7) is 8.28. The van der Waals surface area contributed by atoms with Crippen LogP contribution in [0.5, 0.6) is 5.75 Å². The average molecular weight is 290 g/mol. The zero-order valence-electron chi connectivity index (χ0n) is 8.52. The van der Waals surface area contributed by atoms with Gasteiger partial charge in [0.05, 0.1) is 6.10 Å². The van der Waals surface area contributed by atoms with Gasteiger partial charge in [0, 0.05) is 3.57 Å². The molecule has 0 saturated heterocycles. The molecule has 0 aromatic heterocycles. The van der Waals surface area contributed by atoms with Crippen molar-refractivity contribution in [1.29, 1.82) is 0 Å². The Morgan fingerprint density at radius 3 is 2.31 bits per heavy atom. The Balaban J connectivity index is 3.01. The van der Waals surface area contributed by atoms with Crippen LogP contribution in [0.25, 0.3) is 0 Å². The summed E-state index contributed by atoms with van der Waals surface area (Å²) in [5, 5.41) is 0. The van der Waals surface area contributed by atoms with Crippen molar-refractivity contribution in [2.24, 2.45) is 0 Å². The second-order valence-corrected chi connectivity index (χ2v) is 4.70. The normalized spacial score (nSPS) is 10.6. The van der Waals surface area contributed by atoms with Crippen molar-refractivity contribution >= 4 is 22.6 Å². The fourth-order valence-corrected chi connectivity index (χ4v) is 1.76. The molecule has 1 aromatic carbocycles. The standard InChI is InChI=1S/C11H15IO/c1-7(2)13-11-6-8(3)10(12)5-9(11)4/h5-7H,1-4H3. The third-order valence-corrected chi connectivity index (χ3v) is 2.98. The maximum atomic E-state index is 5.68. The van der Waals surface area contributed by atoms with Gasteiger partial charge in [-0.3, -0.25) is 0 Å². The third-order valence-electron chi connectivity index (χ3n) is 1.82. The van der Waals surface area contributed by atoms with E-state index in [1.54, 1.807) is 0 Å². The van der Waals surface area contributed by atoms with Crippen LogP contribution in [-0.2, 0) is 0 Å². The fraction of sp³-hybridized carbons (Fsp3) is 0.455. The molecule has 0 aliphatic rings. The lowest BCUT2D eigenvalue weighted by molar-refractivity contribution is 0.240. The van der Waals surface area contributed by atoms with E-state index in [1.165, 1.54) is 14.7 Å². The van der Waals surface area contributed by atoms with Crippen molar-refractivity contribution in [3.63, 3.8) is 0 Å². The molecule has 2 heteroatoms. The molecule has 0 amide bonds. The van der Waals surface area contributed by atoms with Gasteiger partial charge in [0.1, 0.15) is 5.75 Å². The largest absolute Gasteiger partial charge is 0.491 e. The molecule has 0 spiro atoms. The van der Waals surface area contributed by atoms with Gasteiger partial charge < -0.3 is 4.74 Å². The van der Waals surface area contributed by atoms with Crippen molar-refractivity contribution in [2.45, 2.75) is 33.8 Å². The van der Waals surface area contributed by atoms with Gasteiger partial charge in [-0.25, -0.2) is 0 Å². The van der Waals surface area contributed by atoms with Gasteiger partial charge >= 0.3 is 0 Å². The Bertz CT molecular complexity index is 305. The number of hydrogen-bond acceptors (Lipinski definition) is 1. The molecule has 72 valence electrons. The first-order valence-corrected chi connectivity index (χ1v) is 5.52. The van der Waals surface area contributed by atoms with Gasteiger partial charge in [0.2, 0.25) is 0 Å². The highest BCUT2D eigenvalue weighted by Gasteiger charge is 2.04. The molecular weight excluding hydrogens is 275 g/mol. The predicted octanol–water partition coefficient (Wildman–Crippen LogP) is 3.70. The van der Waals surface area contributed by atoms with Crippen molar-refractivity contribution in [1.82, 2.24) is 0 Å². The molecule has 0 aliphatic heterocycles. The Morgan fingerprint density at radius 1 is 1.15 bits per heavy atom. The highest BCUT2D eigenvalue weighted by molar-refractivity contribution is 14.1. The van der Waals surface area contributed by atoms with Gasteiger partial charge in [0.15, 0.2) is 0 Å². The van der Waals surface area contributed by atoms with E-state index in [1.807, 2.05) is 13.8 Å². The Morgan fingerprint density at radius 2 is 1.77 bits per heavy atom. The van der Waals surface area contributed by atoms with Crippen LogP contribution in [0.1, 0.15) is 25.0 Å². The van der Waals surface area contributed by atoms with E-state index in [0.717, 1.165) is 5.75 Å². The maximum absolute atomic E-state index is 5.68. The molecule has 1 rings (SSSR count). The van der Waals surface area contributed by atoms with Gasteiger partial charge in [-0.15, -0.1) is 0 Å². The lowest BCUT2D eigenvalue weighted by atomic mass is 10.1. The second kappa shape index (κ2) is 4.31. The van der Waals surface area contributed by atoms with Crippen LogP contribution in [0, 0.1) is 17.4 Å². The summed E-state index contributed by atoms with van der Waals surface area (Å²) in [6, 6.07) is 4.27. The summed E-state index contributed by atoms with van der Waals surface area (Å²) >= 11 is 2.34. The molecular formula is C11H15IO. The molecule has 0 saturated carbocycles. The highest BCUT2D eigenvalue weighted by Crippen LogP contribution is 2.24. The van der Waals surface area contributed by atoms with Crippen molar-refractivity contribution in [3.8, 4) is 5.75 Å². The molecule has 13 heavy (non-hydrogen) atoms. The fourth-order valence-electron chi connectivity index (χ4n) is 1.14. The van der Waals surface area contributed by atoms with Crippen LogP contribution in [0.15, 0.2) is 12.1 Å². The Kier molecular flexibility index (Phi) is 3.59. The average Bonchev–Trinajstić information content (AvgIpc) is 1.99. The minimum absolute atomic E-state index is 0.248. The summed E-state index contributed by atoms with van der Waals surface area (Å²) in [5.74, 6) is 1.01. The summed E-state index contributed by atoms with van der Waals surface area (Å²) in [7, 11) is 0. The topological polar surface area (TPSA) is 9.23 Å². The third kappa shape index (κ3) is 2.86. The van der Waals surface area contributed by atoms with Gasteiger partial charge in [0.25, 0.3) is 0 Å². The van der Waals surface area contributed by atoms with Crippen molar-refractivity contribution in [3.05, 3.63) is 26.8 Å². The molecule has 0 atom stereocenters. The SMILES string of the molecule is Cc1cc(OC(C)C)c(C)cc1I. The van der Waals surface area contributed by atoms with E-state index in [9.17, 15) is 0 Å². The van der Waals surface area contributed by atoms with E-state index in [-0.39, 0.29) is 6.10 Å². The first kappa shape index (κ1) is 10.8. The minimum Gasteiger partial charge on any atom is -0.491 e. The van der Waals surface area contributed by atoms with Gasteiger partial charge in [-0.2, -0.15) is 0 Å². The van der Waals surface area contributed by atoms with E-state index < -0.39 is 0 Å². The molecule has 0 unspecified atom stereocenters. The maximum Gasteiger partial charge on any atom is 0.122 e. The number of rotatable bonds is 2. The summed E-state index contributed by atoms with van der Waals surface area (Å²) in [4.78, 5) is 0. The molecule has 0 N–H and O–H groups in total. The van der Waals surface area contributed by atoms with Crippen molar-refractivity contribution in [2.75, 3.05) is 0 Å². The molecule has 0 aliphatic carbocycles. The van der Waals surface area contributed by atoms with E-state index >= 15 is 0 Å².